The molecule has 212 valence electrons. The number of nitrogens with two attached hydrogens (primary N) is 2. The lowest BCUT2D eigenvalue weighted by atomic mass is 10.1. The third-order valence-electron chi connectivity index (χ3n) is 5.43. The first-order valence-corrected chi connectivity index (χ1v) is 12.6. The Morgan fingerprint density at radius 2 is 2.03 bits per heavy atom. The van der Waals surface area contributed by atoms with Crippen LogP contribution in [0.15, 0.2) is 23.4 Å². The average Bonchev–Trinajstić information content (AvgIpc) is 3.39. The van der Waals surface area contributed by atoms with Gasteiger partial charge in [0.2, 0.25) is 5.91 Å². The number of carbonyl (C=O) groups excluding carboxylic acids is 1. The van der Waals surface area contributed by atoms with E-state index in [1.54, 1.807) is 0 Å². The Balaban J connectivity index is 1.64. The molecule has 19 heteroatoms. The fourth-order valence-electron chi connectivity index (χ4n) is 3.48. The minimum Gasteiger partial charge on any atom is -0.480 e. The van der Waals surface area contributed by atoms with E-state index in [1.807, 2.05) is 0 Å². The van der Waals surface area contributed by atoms with E-state index < -0.39 is 62.6 Å². The summed E-state index contributed by atoms with van der Waals surface area (Å²) in [5.74, 6) is 3.60. The fourth-order valence-corrected chi connectivity index (χ4v) is 3.82. The first kappa shape index (κ1) is 29.9. The van der Waals surface area contributed by atoms with Gasteiger partial charge in [-0.25, -0.2) is 14.3 Å². The zero-order valence-electron chi connectivity index (χ0n) is 20.0. The summed E-state index contributed by atoms with van der Waals surface area (Å²) < 4.78 is 22.8. The van der Waals surface area contributed by atoms with Gasteiger partial charge in [-0.2, -0.15) is 4.98 Å². The molecule has 5 atom stereocenters. The highest BCUT2D eigenvalue weighted by Crippen LogP contribution is 2.38. The van der Waals surface area contributed by atoms with Gasteiger partial charge in [-0.15, -0.1) is 0 Å². The Hall–Kier alpha value is -3.66. The molecule has 10 N–H and O–H groups in total. The summed E-state index contributed by atoms with van der Waals surface area (Å²) in [5.41, 5.74) is 10.3. The van der Waals surface area contributed by atoms with Crippen LogP contribution in [0.2, 0.25) is 0 Å². The number of carboxylic acid groups (broad SMARTS) is 1. The van der Waals surface area contributed by atoms with E-state index in [-0.39, 0.29) is 30.9 Å². The second-order valence-electron chi connectivity index (χ2n) is 8.26. The minimum atomic E-state index is -4.88. The standard InChI is InChI=1S/C20H26N7O11P/c21-11(19(31)32)6-13-23-4-5-26(13)8-14(28)24-3-1-2-10-7-27(20(33)25-17(10)22)18-16(30)15(29)12(38-18)9-37-39(34,35)36/h4-5,7,11-12,15-16,18,29-30H,3,6,8-9,21H2,(H,24,28)(H,31,32)(H2,22,25,33)(H2,34,35,36)/t11-,12+,15+,16+,18+/m0/s1. The van der Waals surface area contributed by atoms with Crippen molar-refractivity contribution in [2.75, 3.05) is 18.9 Å². The quantitative estimate of drug-likeness (QED) is 0.0992. The zero-order valence-corrected chi connectivity index (χ0v) is 20.9. The van der Waals surface area contributed by atoms with Crippen LogP contribution in [0, 0.1) is 11.8 Å². The predicted molar refractivity (Wildman–Crippen MR) is 128 cm³/mol. The number of ether oxygens (including phenoxy) is 1. The summed E-state index contributed by atoms with van der Waals surface area (Å²) in [7, 11) is -4.88. The number of rotatable bonds is 10. The van der Waals surface area contributed by atoms with Gasteiger partial charge < -0.3 is 51.2 Å². The second-order valence-corrected chi connectivity index (χ2v) is 9.50. The van der Waals surface area contributed by atoms with Crippen molar-refractivity contribution in [2.45, 2.75) is 43.5 Å². The number of imidazole rings is 1. The Labute approximate surface area is 219 Å². The SMILES string of the molecule is Nc1nc(=O)n([C@@H]2O[C@H](COP(=O)(O)O)[C@@H](O)[C@H]2O)cc1C#CCNC(=O)Cn1ccnc1C[C@H](N)C(=O)O. The second kappa shape index (κ2) is 12.5. The van der Waals surface area contributed by atoms with Crippen molar-refractivity contribution < 1.29 is 48.5 Å². The van der Waals surface area contributed by atoms with Gasteiger partial charge in [-0.1, -0.05) is 11.8 Å². The van der Waals surface area contributed by atoms with E-state index in [2.05, 4.69) is 31.6 Å². The number of nitrogens with one attached hydrogen (secondary N) is 1. The number of nitrogen functional groups attached to an aromatic ring is 1. The van der Waals surface area contributed by atoms with Crippen LogP contribution in [0.25, 0.3) is 0 Å². The maximum absolute atomic E-state index is 12.3. The molecule has 0 unspecified atom stereocenters. The van der Waals surface area contributed by atoms with E-state index in [0.29, 0.717) is 5.82 Å². The van der Waals surface area contributed by atoms with Crippen LogP contribution < -0.4 is 22.5 Å². The molecule has 1 saturated heterocycles. The average molecular weight is 571 g/mol. The van der Waals surface area contributed by atoms with E-state index in [4.69, 9.17) is 31.1 Å². The molecular weight excluding hydrogens is 545 g/mol. The molecule has 0 aromatic carbocycles. The number of phosphoric ester groups is 1. The largest absolute Gasteiger partial charge is 0.480 e. The predicted octanol–water partition coefficient (Wildman–Crippen LogP) is -4.13. The Kier molecular flexibility index (Phi) is 9.55. The molecule has 18 nitrogen and oxygen atoms in total. The number of nitrogens with zero attached hydrogens (tertiary/aromatic N) is 4. The van der Waals surface area contributed by atoms with Gasteiger partial charge in [0.1, 0.15) is 42.5 Å². The summed E-state index contributed by atoms with van der Waals surface area (Å²) in [6.45, 7) is -1.10. The lowest BCUT2D eigenvalue weighted by Gasteiger charge is -2.17. The molecule has 0 saturated carbocycles. The van der Waals surface area contributed by atoms with Crippen LogP contribution in [0.1, 0.15) is 17.6 Å². The zero-order chi connectivity index (χ0) is 28.9. The molecule has 0 aliphatic carbocycles. The van der Waals surface area contributed by atoms with Crippen LogP contribution in [-0.2, 0) is 36.4 Å². The van der Waals surface area contributed by atoms with Crippen molar-refractivity contribution in [3.05, 3.63) is 40.5 Å². The molecule has 0 spiro atoms. The van der Waals surface area contributed by atoms with E-state index in [0.717, 1.165) is 10.8 Å². The van der Waals surface area contributed by atoms with Gasteiger partial charge >= 0.3 is 19.5 Å². The Bertz CT molecular complexity index is 1380. The monoisotopic (exact) mass is 571 g/mol. The van der Waals surface area contributed by atoms with Crippen molar-refractivity contribution in [3.63, 3.8) is 0 Å². The number of phosphoric acid groups is 1. The van der Waals surface area contributed by atoms with Gasteiger partial charge in [0.05, 0.1) is 18.7 Å². The first-order valence-electron chi connectivity index (χ1n) is 11.1. The number of hydrogen-bond donors (Lipinski definition) is 8. The van der Waals surface area contributed by atoms with Gasteiger partial charge in [0.25, 0.3) is 0 Å². The number of carbonyl (C=O) groups is 2. The van der Waals surface area contributed by atoms with Gasteiger partial charge in [-0.05, 0) is 0 Å². The van der Waals surface area contributed by atoms with Crippen molar-refractivity contribution in [2.24, 2.45) is 5.73 Å². The van der Waals surface area contributed by atoms with Crippen LogP contribution in [-0.4, -0.2) is 93.6 Å². The molecular formula is C20H26N7O11P. The molecule has 1 amide bonds. The summed E-state index contributed by atoms with van der Waals surface area (Å²) in [6, 6.07) is -1.18. The molecule has 2 aromatic rings. The molecule has 2 aromatic heterocycles. The van der Waals surface area contributed by atoms with Gasteiger partial charge in [0, 0.05) is 25.0 Å². The first-order chi connectivity index (χ1) is 18.3. The van der Waals surface area contributed by atoms with Crippen molar-refractivity contribution in [1.82, 2.24) is 24.4 Å². The fraction of sp³-hybridized carbons (Fsp3) is 0.450. The number of aliphatic carboxylic acids is 1. The van der Waals surface area contributed by atoms with Gasteiger partial charge in [-0.3, -0.25) is 18.7 Å². The van der Waals surface area contributed by atoms with Crippen molar-refractivity contribution >= 4 is 25.5 Å². The van der Waals surface area contributed by atoms with Crippen LogP contribution in [0.3, 0.4) is 0 Å². The number of aromatic nitrogens is 4. The smallest absolute Gasteiger partial charge is 0.469 e. The lowest BCUT2D eigenvalue weighted by molar-refractivity contribution is -0.138. The summed E-state index contributed by atoms with van der Waals surface area (Å²) in [4.78, 5) is 60.8. The highest BCUT2D eigenvalue weighted by molar-refractivity contribution is 7.46. The van der Waals surface area contributed by atoms with E-state index in [9.17, 15) is 29.2 Å². The molecule has 39 heavy (non-hydrogen) atoms. The third-order valence-corrected chi connectivity index (χ3v) is 5.92. The van der Waals surface area contributed by atoms with E-state index in [1.165, 1.54) is 17.0 Å². The van der Waals surface area contributed by atoms with Crippen molar-refractivity contribution in [3.8, 4) is 11.8 Å². The molecule has 0 bridgehead atoms. The van der Waals surface area contributed by atoms with E-state index >= 15 is 0 Å². The topological polar surface area (TPSA) is 288 Å². The third kappa shape index (κ3) is 7.92. The maximum atomic E-state index is 12.3. The van der Waals surface area contributed by atoms with Crippen LogP contribution in [0.4, 0.5) is 5.82 Å². The maximum Gasteiger partial charge on any atom is 0.469 e. The van der Waals surface area contributed by atoms with Crippen LogP contribution in [0.5, 0.6) is 0 Å². The number of aliphatic hydroxyl groups excluding tert-OH is 2. The normalized spacial score (nSPS) is 21.7. The van der Waals surface area contributed by atoms with Crippen molar-refractivity contribution in [1.29, 1.82) is 0 Å². The summed E-state index contributed by atoms with van der Waals surface area (Å²) >= 11 is 0. The summed E-state index contributed by atoms with van der Waals surface area (Å²) in [5, 5.41) is 31.9. The molecule has 0 radical (unpaired) electrons. The van der Waals surface area contributed by atoms with Gasteiger partial charge in [0.15, 0.2) is 6.23 Å². The molecule has 1 aliphatic rings. The van der Waals surface area contributed by atoms with Crippen LogP contribution >= 0.6 is 7.82 Å². The number of carboxylic acids is 1. The summed E-state index contributed by atoms with van der Waals surface area (Å²) in [6.07, 6.45) is -2.28. The highest BCUT2D eigenvalue weighted by atomic mass is 31.2. The Morgan fingerprint density at radius 3 is 2.69 bits per heavy atom. The number of aliphatic hydroxyl groups is 2. The molecule has 1 fully saturated rings. The molecule has 3 heterocycles. The number of amides is 1. The molecule has 1 aliphatic heterocycles. The molecule has 3 rings (SSSR count). The number of anilines is 1. The number of hydrogen-bond acceptors (Lipinski definition) is 12. The Morgan fingerprint density at radius 1 is 1.31 bits per heavy atom. The lowest BCUT2D eigenvalue weighted by Crippen LogP contribution is -2.36. The highest BCUT2D eigenvalue weighted by Gasteiger charge is 2.45. The minimum absolute atomic E-state index is 0.0172.